The Labute approximate surface area is 106 Å². The van der Waals surface area contributed by atoms with E-state index in [-0.39, 0.29) is 5.92 Å². The lowest BCUT2D eigenvalue weighted by Gasteiger charge is -2.01. The highest BCUT2D eigenvalue weighted by atomic mass is 79.9. The van der Waals surface area contributed by atoms with Crippen LogP contribution in [-0.4, -0.2) is 11.1 Å². The van der Waals surface area contributed by atoms with Gasteiger partial charge in [0.2, 0.25) is 0 Å². The molecule has 1 N–H and O–H groups in total. The van der Waals surface area contributed by atoms with Crippen molar-refractivity contribution in [2.24, 2.45) is 5.92 Å². The molecule has 1 aromatic heterocycles. The number of carboxylic acids is 1. The van der Waals surface area contributed by atoms with E-state index in [0.717, 1.165) is 9.35 Å². The summed E-state index contributed by atoms with van der Waals surface area (Å²) in [5, 5.41) is 10.0. The van der Waals surface area contributed by atoms with Gasteiger partial charge in [-0.25, -0.2) is 0 Å². The number of fused-ring (bicyclic) bond motifs is 1. The first-order valence-corrected chi connectivity index (χ1v) is 6.58. The first-order chi connectivity index (χ1) is 7.56. The van der Waals surface area contributed by atoms with Crippen LogP contribution >= 0.6 is 27.3 Å². The van der Waals surface area contributed by atoms with Gasteiger partial charge in [0.15, 0.2) is 0 Å². The average Bonchev–Trinajstić information content (AvgIpc) is 2.58. The number of carboxylic acid groups (broad SMARTS) is 1. The second-order valence-electron chi connectivity index (χ2n) is 3.84. The Kier molecular flexibility index (Phi) is 3.30. The summed E-state index contributed by atoms with van der Waals surface area (Å²) >= 11 is 5.09. The van der Waals surface area contributed by atoms with E-state index < -0.39 is 5.97 Å². The van der Waals surface area contributed by atoms with Gasteiger partial charge in [0.1, 0.15) is 0 Å². The lowest BCUT2D eigenvalue weighted by molar-refractivity contribution is -0.141. The zero-order chi connectivity index (χ0) is 11.7. The number of aliphatic carboxylic acids is 1. The van der Waals surface area contributed by atoms with Crippen molar-refractivity contribution in [1.29, 1.82) is 0 Å². The van der Waals surface area contributed by atoms with Gasteiger partial charge in [-0.15, -0.1) is 11.3 Å². The maximum absolute atomic E-state index is 10.8. The van der Waals surface area contributed by atoms with Crippen LogP contribution in [0, 0.1) is 5.92 Å². The SMILES string of the molecule is CC(Cc1cc2ccc(Br)cc2s1)C(=O)O. The smallest absolute Gasteiger partial charge is 0.306 e. The molecule has 0 saturated heterocycles. The minimum Gasteiger partial charge on any atom is -0.481 e. The number of benzene rings is 1. The van der Waals surface area contributed by atoms with Crippen LogP contribution in [0.2, 0.25) is 0 Å². The number of halogens is 1. The maximum Gasteiger partial charge on any atom is 0.306 e. The molecule has 2 aromatic rings. The fraction of sp³-hybridized carbons (Fsp3) is 0.250. The Hall–Kier alpha value is -0.870. The zero-order valence-corrected chi connectivity index (χ0v) is 11.1. The van der Waals surface area contributed by atoms with Crippen LogP contribution in [0.25, 0.3) is 10.1 Å². The predicted octanol–water partition coefficient (Wildman–Crippen LogP) is 3.93. The van der Waals surface area contributed by atoms with E-state index in [9.17, 15) is 4.79 Å². The standard InChI is InChI=1S/C12H11BrO2S/c1-7(12(14)15)4-10-5-8-2-3-9(13)6-11(8)16-10/h2-3,5-7H,4H2,1H3,(H,14,15). The fourth-order valence-corrected chi connectivity index (χ4v) is 3.29. The van der Waals surface area contributed by atoms with Crippen molar-refractivity contribution in [2.45, 2.75) is 13.3 Å². The van der Waals surface area contributed by atoms with Crippen molar-refractivity contribution in [3.05, 3.63) is 33.6 Å². The van der Waals surface area contributed by atoms with Crippen LogP contribution in [0.5, 0.6) is 0 Å². The lowest BCUT2D eigenvalue weighted by Crippen LogP contribution is -2.11. The Balaban J connectivity index is 2.29. The lowest BCUT2D eigenvalue weighted by atomic mass is 10.1. The van der Waals surface area contributed by atoms with E-state index in [1.54, 1.807) is 18.3 Å². The Bertz CT molecular complexity index is 533. The summed E-state index contributed by atoms with van der Waals surface area (Å²) in [6.07, 6.45) is 0.603. The monoisotopic (exact) mass is 298 g/mol. The number of thiophene rings is 1. The fourth-order valence-electron chi connectivity index (χ4n) is 1.55. The summed E-state index contributed by atoms with van der Waals surface area (Å²) in [5.41, 5.74) is 0. The molecule has 1 heterocycles. The van der Waals surface area contributed by atoms with E-state index in [0.29, 0.717) is 6.42 Å². The maximum atomic E-state index is 10.8. The molecule has 0 aliphatic carbocycles. The number of hydrogen-bond acceptors (Lipinski definition) is 2. The molecule has 0 bridgehead atoms. The third-order valence-corrected chi connectivity index (χ3v) is 4.08. The minimum absolute atomic E-state index is 0.323. The molecule has 2 nitrogen and oxygen atoms in total. The summed E-state index contributed by atoms with van der Waals surface area (Å²) in [5.74, 6) is -1.06. The van der Waals surface area contributed by atoms with E-state index in [1.807, 2.05) is 12.1 Å². The van der Waals surface area contributed by atoms with Crippen LogP contribution in [0.1, 0.15) is 11.8 Å². The first kappa shape index (κ1) is 11.6. The Morgan fingerprint density at radius 1 is 1.50 bits per heavy atom. The van der Waals surface area contributed by atoms with Gasteiger partial charge in [0.05, 0.1) is 5.92 Å². The molecule has 0 fully saturated rings. The Morgan fingerprint density at radius 2 is 2.25 bits per heavy atom. The molecular weight excluding hydrogens is 288 g/mol. The van der Waals surface area contributed by atoms with Crippen LogP contribution < -0.4 is 0 Å². The van der Waals surface area contributed by atoms with E-state index in [2.05, 4.69) is 28.1 Å². The van der Waals surface area contributed by atoms with Gasteiger partial charge in [-0.05, 0) is 30.0 Å². The van der Waals surface area contributed by atoms with Crippen LogP contribution in [0.15, 0.2) is 28.7 Å². The van der Waals surface area contributed by atoms with Gasteiger partial charge < -0.3 is 5.11 Å². The van der Waals surface area contributed by atoms with Crippen molar-refractivity contribution in [3.63, 3.8) is 0 Å². The summed E-state index contributed by atoms with van der Waals surface area (Å²) in [7, 11) is 0. The van der Waals surface area contributed by atoms with Gasteiger partial charge in [-0.2, -0.15) is 0 Å². The highest BCUT2D eigenvalue weighted by molar-refractivity contribution is 9.10. The van der Waals surface area contributed by atoms with Gasteiger partial charge in [-0.3, -0.25) is 4.79 Å². The molecule has 2 rings (SSSR count). The van der Waals surface area contributed by atoms with Gasteiger partial charge >= 0.3 is 5.97 Å². The van der Waals surface area contributed by atoms with Crippen molar-refractivity contribution in [1.82, 2.24) is 0 Å². The predicted molar refractivity (Wildman–Crippen MR) is 70.0 cm³/mol. The Morgan fingerprint density at radius 3 is 2.94 bits per heavy atom. The molecule has 84 valence electrons. The number of carbonyl (C=O) groups is 1. The molecule has 16 heavy (non-hydrogen) atoms. The molecular formula is C12H11BrO2S. The second kappa shape index (κ2) is 4.55. The van der Waals surface area contributed by atoms with Crippen molar-refractivity contribution in [2.75, 3.05) is 0 Å². The number of rotatable bonds is 3. The van der Waals surface area contributed by atoms with Gasteiger partial charge in [-0.1, -0.05) is 28.9 Å². The molecule has 1 atom stereocenters. The van der Waals surface area contributed by atoms with Crippen molar-refractivity contribution >= 4 is 43.3 Å². The summed E-state index contributed by atoms with van der Waals surface area (Å²) in [4.78, 5) is 11.9. The van der Waals surface area contributed by atoms with Crippen molar-refractivity contribution in [3.8, 4) is 0 Å². The third kappa shape index (κ3) is 2.44. The molecule has 0 amide bonds. The molecule has 4 heteroatoms. The highest BCUT2D eigenvalue weighted by Gasteiger charge is 2.13. The molecule has 0 aliphatic rings. The zero-order valence-electron chi connectivity index (χ0n) is 8.74. The normalized spacial score (nSPS) is 12.9. The molecule has 0 radical (unpaired) electrons. The minimum atomic E-state index is -0.737. The van der Waals surface area contributed by atoms with Gasteiger partial charge in [0.25, 0.3) is 0 Å². The molecule has 0 aliphatic heterocycles. The molecule has 1 aromatic carbocycles. The average molecular weight is 299 g/mol. The largest absolute Gasteiger partial charge is 0.481 e. The molecule has 0 saturated carbocycles. The second-order valence-corrected chi connectivity index (χ2v) is 5.92. The van der Waals surface area contributed by atoms with Crippen LogP contribution in [0.3, 0.4) is 0 Å². The topological polar surface area (TPSA) is 37.3 Å². The summed E-state index contributed by atoms with van der Waals surface area (Å²) < 4.78 is 2.25. The van der Waals surface area contributed by atoms with E-state index >= 15 is 0 Å². The van der Waals surface area contributed by atoms with Crippen molar-refractivity contribution < 1.29 is 9.90 Å². The van der Waals surface area contributed by atoms with E-state index in [1.165, 1.54) is 10.1 Å². The molecule has 1 unspecified atom stereocenters. The summed E-state index contributed by atoms with van der Waals surface area (Å²) in [6.45, 7) is 1.74. The van der Waals surface area contributed by atoms with Crippen LogP contribution in [-0.2, 0) is 11.2 Å². The van der Waals surface area contributed by atoms with Gasteiger partial charge in [0, 0.05) is 14.0 Å². The van der Waals surface area contributed by atoms with E-state index in [4.69, 9.17) is 5.11 Å². The summed E-state index contributed by atoms with van der Waals surface area (Å²) in [6, 6.07) is 8.19. The van der Waals surface area contributed by atoms with Crippen LogP contribution in [0.4, 0.5) is 0 Å². The first-order valence-electron chi connectivity index (χ1n) is 4.97. The highest BCUT2D eigenvalue weighted by Crippen LogP contribution is 2.29. The number of hydrogen-bond donors (Lipinski definition) is 1. The third-order valence-electron chi connectivity index (χ3n) is 2.46. The quantitative estimate of drug-likeness (QED) is 0.932. The molecule has 0 spiro atoms.